The molecular weight excluding hydrogens is 238 g/mol. The van der Waals surface area contributed by atoms with Gasteiger partial charge in [-0.3, -0.25) is 4.79 Å². The predicted molar refractivity (Wildman–Crippen MR) is 65.6 cm³/mol. The quantitative estimate of drug-likeness (QED) is 0.843. The number of hydrogen-bond acceptors (Lipinski definition) is 2. The fourth-order valence-corrected chi connectivity index (χ4v) is 1.99. The van der Waals surface area contributed by atoms with E-state index in [4.69, 9.17) is 16.9 Å². The molecule has 0 unspecified atom stereocenters. The van der Waals surface area contributed by atoms with Crippen LogP contribution >= 0.6 is 11.6 Å². The molecule has 4 nitrogen and oxygen atoms in total. The number of nitrogens with one attached hydrogen (secondary N) is 1. The summed E-state index contributed by atoms with van der Waals surface area (Å²) in [4.78, 5) is 11.5. The summed E-state index contributed by atoms with van der Waals surface area (Å²) >= 11 is 6.09. The Morgan fingerprint density at radius 3 is 3.06 bits per heavy atom. The summed E-state index contributed by atoms with van der Waals surface area (Å²) in [5, 5.41) is 12.5. The van der Waals surface area contributed by atoms with Crippen molar-refractivity contribution >= 4 is 28.4 Å². The van der Waals surface area contributed by atoms with Gasteiger partial charge in [0.15, 0.2) is 0 Å². The number of aromatic nitrogens is 1. The number of benzene rings is 1. The van der Waals surface area contributed by atoms with Crippen LogP contribution in [0, 0.1) is 11.3 Å². The van der Waals surface area contributed by atoms with E-state index in [9.17, 15) is 4.79 Å². The van der Waals surface area contributed by atoms with Gasteiger partial charge in [0, 0.05) is 11.6 Å². The van der Waals surface area contributed by atoms with Gasteiger partial charge < -0.3 is 9.88 Å². The molecular formula is C12H10ClN3O. The Kier molecular flexibility index (Phi) is 3.31. The van der Waals surface area contributed by atoms with Crippen LogP contribution in [0.5, 0.6) is 0 Å². The molecule has 0 atom stereocenters. The largest absolute Gasteiger partial charge is 0.341 e. The molecule has 2 aromatic rings. The van der Waals surface area contributed by atoms with Gasteiger partial charge in [0.2, 0.25) is 5.91 Å². The Bertz CT molecular complexity index is 597. The van der Waals surface area contributed by atoms with E-state index >= 15 is 0 Å². The highest BCUT2D eigenvalue weighted by atomic mass is 35.5. The zero-order valence-electron chi connectivity index (χ0n) is 8.98. The first kappa shape index (κ1) is 11.5. The average Bonchev–Trinajstić information content (AvgIpc) is 2.71. The summed E-state index contributed by atoms with van der Waals surface area (Å²) in [5.41, 5.74) is 0.835. The molecule has 1 heterocycles. The molecule has 2 rings (SSSR count). The smallest absolute Gasteiger partial charge is 0.240 e. The number of hydrogen-bond donors (Lipinski definition) is 1. The number of fused-ring (bicyclic) bond motifs is 1. The van der Waals surface area contributed by atoms with E-state index in [0.29, 0.717) is 5.02 Å². The zero-order valence-corrected chi connectivity index (χ0v) is 9.74. The summed E-state index contributed by atoms with van der Waals surface area (Å²) in [6.07, 6.45) is 1.81. The van der Waals surface area contributed by atoms with Gasteiger partial charge in [-0.1, -0.05) is 23.7 Å². The van der Waals surface area contributed by atoms with Crippen LogP contribution < -0.4 is 5.32 Å². The van der Waals surface area contributed by atoms with Crippen LogP contribution in [0.3, 0.4) is 0 Å². The summed E-state index contributed by atoms with van der Waals surface area (Å²) in [6.45, 7) is 0.181. The maximum absolute atomic E-state index is 11.5. The van der Waals surface area contributed by atoms with Gasteiger partial charge in [-0.2, -0.15) is 5.26 Å². The minimum absolute atomic E-state index is 0.0196. The summed E-state index contributed by atoms with van der Waals surface area (Å²) < 4.78 is 1.77. The Balaban J connectivity index is 2.25. The van der Waals surface area contributed by atoms with E-state index in [2.05, 4.69) is 5.32 Å². The molecule has 1 N–H and O–H groups in total. The number of carbonyl (C=O) groups is 1. The van der Waals surface area contributed by atoms with Crippen LogP contribution in [0.2, 0.25) is 5.02 Å². The minimum Gasteiger partial charge on any atom is -0.341 e. The summed E-state index contributed by atoms with van der Waals surface area (Å²) in [6, 6.07) is 9.35. The number of rotatable bonds is 3. The Morgan fingerprint density at radius 2 is 2.29 bits per heavy atom. The maximum Gasteiger partial charge on any atom is 0.240 e. The lowest BCUT2D eigenvalue weighted by Gasteiger charge is -2.06. The third kappa shape index (κ3) is 2.40. The first-order valence-corrected chi connectivity index (χ1v) is 5.47. The molecule has 0 saturated heterocycles. The molecule has 0 spiro atoms. The number of carbonyl (C=O) groups excluding carboxylic acids is 1. The van der Waals surface area contributed by atoms with E-state index in [1.807, 2.05) is 30.5 Å². The fourth-order valence-electron chi connectivity index (χ4n) is 1.69. The molecule has 1 amide bonds. The number of nitriles is 1. The van der Waals surface area contributed by atoms with Crippen LogP contribution in [0.1, 0.15) is 0 Å². The second kappa shape index (κ2) is 4.89. The van der Waals surface area contributed by atoms with E-state index in [0.717, 1.165) is 10.9 Å². The van der Waals surface area contributed by atoms with Crippen molar-refractivity contribution in [2.24, 2.45) is 0 Å². The van der Waals surface area contributed by atoms with Gasteiger partial charge in [0.25, 0.3) is 0 Å². The molecule has 5 heteroatoms. The molecule has 1 aromatic heterocycles. The van der Waals surface area contributed by atoms with Crippen molar-refractivity contribution in [3.05, 3.63) is 35.5 Å². The highest BCUT2D eigenvalue weighted by molar-refractivity contribution is 6.35. The molecule has 0 bridgehead atoms. The van der Waals surface area contributed by atoms with Crippen LogP contribution in [-0.2, 0) is 11.3 Å². The Labute approximate surface area is 103 Å². The van der Waals surface area contributed by atoms with Crippen molar-refractivity contribution in [3.8, 4) is 6.07 Å². The second-order valence-electron chi connectivity index (χ2n) is 3.56. The monoisotopic (exact) mass is 247 g/mol. The van der Waals surface area contributed by atoms with Gasteiger partial charge in [-0.05, 0) is 12.1 Å². The van der Waals surface area contributed by atoms with Crippen molar-refractivity contribution in [1.82, 2.24) is 9.88 Å². The van der Waals surface area contributed by atoms with Crippen LogP contribution in [-0.4, -0.2) is 17.0 Å². The van der Waals surface area contributed by atoms with Gasteiger partial charge in [-0.25, -0.2) is 0 Å². The molecule has 86 valence electrons. The van der Waals surface area contributed by atoms with E-state index < -0.39 is 0 Å². The predicted octanol–water partition coefficient (Wildman–Crippen LogP) is 1.93. The van der Waals surface area contributed by atoms with Crippen molar-refractivity contribution in [1.29, 1.82) is 5.26 Å². The van der Waals surface area contributed by atoms with Crippen molar-refractivity contribution in [3.63, 3.8) is 0 Å². The molecule has 0 fully saturated rings. The van der Waals surface area contributed by atoms with Crippen molar-refractivity contribution in [2.45, 2.75) is 6.54 Å². The zero-order chi connectivity index (χ0) is 12.3. The standard InChI is InChI=1S/C12H10ClN3O/c13-10-3-1-2-9-4-7-16(12(9)10)8-11(17)15-6-5-14/h1-4,7H,6,8H2,(H,15,17). The summed E-state index contributed by atoms with van der Waals surface area (Å²) in [5.74, 6) is -0.205. The first-order chi connectivity index (χ1) is 8.22. The molecule has 1 aromatic carbocycles. The Morgan fingerprint density at radius 1 is 1.47 bits per heavy atom. The molecule has 17 heavy (non-hydrogen) atoms. The van der Waals surface area contributed by atoms with Gasteiger partial charge >= 0.3 is 0 Å². The molecule has 0 saturated carbocycles. The third-order valence-corrected chi connectivity index (χ3v) is 2.72. The van der Waals surface area contributed by atoms with E-state index in [1.54, 1.807) is 10.6 Å². The van der Waals surface area contributed by atoms with Crippen LogP contribution in [0.15, 0.2) is 30.5 Å². The van der Waals surface area contributed by atoms with Gasteiger partial charge in [0.1, 0.15) is 13.1 Å². The topological polar surface area (TPSA) is 57.8 Å². The molecule has 0 radical (unpaired) electrons. The van der Waals surface area contributed by atoms with Crippen LogP contribution in [0.25, 0.3) is 10.9 Å². The van der Waals surface area contributed by atoms with Crippen molar-refractivity contribution < 1.29 is 4.79 Å². The molecule has 0 aliphatic heterocycles. The fraction of sp³-hybridized carbons (Fsp3) is 0.167. The van der Waals surface area contributed by atoms with Gasteiger partial charge in [-0.15, -0.1) is 0 Å². The second-order valence-corrected chi connectivity index (χ2v) is 3.96. The number of amides is 1. The van der Waals surface area contributed by atoms with Crippen LogP contribution in [0.4, 0.5) is 0 Å². The SMILES string of the molecule is N#CCNC(=O)Cn1ccc2cccc(Cl)c21. The normalized spacial score (nSPS) is 10.1. The molecule has 0 aliphatic carbocycles. The Hall–Kier alpha value is -1.99. The summed E-state index contributed by atoms with van der Waals surface area (Å²) in [7, 11) is 0. The lowest BCUT2D eigenvalue weighted by molar-refractivity contribution is -0.121. The number of para-hydroxylation sites is 1. The lowest BCUT2D eigenvalue weighted by Crippen LogP contribution is -2.27. The maximum atomic E-state index is 11.5. The van der Waals surface area contributed by atoms with E-state index in [1.165, 1.54) is 0 Å². The highest BCUT2D eigenvalue weighted by Gasteiger charge is 2.08. The average molecular weight is 248 g/mol. The van der Waals surface area contributed by atoms with Gasteiger partial charge in [0.05, 0.1) is 16.6 Å². The first-order valence-electron chi connectivity index (χ1n) is 5.09. The van der Waals surface area contributed by atoms with Crippen molar-refractivity contribution in [2.75, 3.05) is 6.54 Å². The lowest BCUT2D eigenvalue weighted by atomic mass is 10.2. The third-order valence-electron chi connectivity index (χ3n) is 2.42. The van der Waals surface area contributed by atoms with E-state index in [-0.39, 0.29) is 19.0 Å². The number of nitrogens with zero attached hydrogens (tertiary/aromatic N) is 2. The minimum atomic E-state index is -0.205. The molecule has 0 aliphatic rings. The number of halogens is 1. The highest BCUT2D eigenvalue weighted by Crippen LogP contribution is 2.24.